The first kappa shape index (κ1) is 9.71. The molecule has 4 atom stereocenters. The van der Waals surface area contributed by atoms with E-state index in [1.807, 2.05) is 0 Å². The van der Waals surface area contributed by atoms with Crippen LogP contribution in [-0.2, 0) is 4.74 Å². The number of nitrogens with two attached hydrogens (primary N) is 1. The molecule has 84 valence electrons. The van der Waals surface area contributed by atoms with E-state index in [4.69, 9.17) is 10.5 Å². The summed E-state index contributed by atoms with van der Waals surface area (Å²) in [5, 5.41) is 0. The summed E-state index contributed by atoms with van der Waals surface area (Å²) >= 11 is 0. The van der Waals surface area contributed by atoms with Gasteiger partial charge in [0.05, 0.1) is 12.6 Å². The third kappa shape index (κ3) is 1.80. The SMILES string of the molecule is NC(CC1CC2CCC1C2)C1=CCCO1. The average Bonchev–Trinajstić information content (AvgIpc) is 2.95. The minimum Gasteiger partial charge on any atom is -0.496 e. The molecule has 0 saturated heterocycles. The molecule has 2 nitrogen and oxygen atoms in total. The van der Waals surface area contributed by atoms with Crippen LogP contribution >= 0.6 is 0 Å². The maximum absolute atomic E-state index is 6.20. The van der Waals surface area contributed by atoms with Crippen LogP contribution in [0.25, 0.3) is 0 Å². The zero-order chi connectivity index (χ0) is 10.3. The van der Waals surface area contributed by atoms with Crippen molar-refractivity contribution in [2.24, 2.45) is 23.5 Å². The zero-order valence-electron chi connectivity index (χ0n) is 9.32. The Morgan fingerprint density at radius 1 is 1.40 bits per heavy atom. The van der Waals surface area contributed by atoms with E-state index in [1.54, 1.807) is 0 Å². The fourth-order valence-electron chi connectivity index (χ4n) is 3.80. The molecule has 2 N–H and O–H groups in total. The van der Waals surface area contributed by atoms with E-state index >= 15 is 0 Å². The van der Waals surface area contributed by atoms with Gasteiger partial charge in [-0.25, -0.2) is 0 Å². The number of ether oxygens (including phenoxy) is 1. The lowest BCUT2D eigenvalue weighted by molar-refractivity contribution is 0.206. The Morgan fingerprint density at radius 2 is 2.33 bits per heavy atom. The molecule has 2 fully saturated rings. The van der Waals surface area contributed by atoms with Gasteiger partial charge in [0, 0.05) is 6.42 Å². The highest BCUT2D eigenvalue weighted by Crippen LogP contribution is 2.50. The fraction of sp³-hybridized carbons (Fsp3) is 0.846. The molecule has 1 aliphatic heterocycles. The summed E-state index contributed by atoms with van der Waals surface area (Å²) in [6, 6.07) is 0.178. The van der Waals surface area contributed by atoms with Crippen molar-refractivity contribution in [1.29, 1.82) is 0 Å². The van der Waals surface area contributed by atoms with Crippen molar-refractivity contribution in [3.63, 3.8) is 0 Å². The molecule has 0 aromatic heterocycles. The van der Waals surface area contributed by atoms with Crippen molar-refractivity contribution in [2.45, 2.75) is 44.6 Å². The van der Waals surface area contributed by atoms with Crippen LogP contribution in [0.5, 0.6) is 0 Å². The van der Waals surface area contributed by atoms with E-state index in [0.717, 1.165) is 43.0 Å². The van der Waals surface area contributed by atoms with E-state index < -0.39 is 0 Å². The Hall–Kier alpha value is -0.500. The molecule has 0 aromatic rings. The minimum atomic E-state index is 0.178. The van der Waals surface area contributed by atoms with Crippen LogP contribution < -0.4 is 5.73 Å². The fourth-order valence-corrected chi connectivity index (χ4v) is 3.80. The smallest absolute Gasteiger partial charge is 0.109 e. The highest BCUT2D eigenvalue weighted by Gasteiger charge is 2.40. The molecule has 2 saturated carbocycles. The predicted molar refractivity (Wildman–Crippen MR) is 60.2 cm³/mol. The van der Waals surface area contributed by atoms with Gasteiger partial charge in [0.25, 0.3) is 0 Å². The first-order valence-corrected chi connectivity index (χ1v) is 6.41. The molecule has 4 unspecified atom stereocenters. The second-order valence-electron chi connectivity index (χ2n) is 5.52. The Labute approximate surface area is 91.9 Å². The molecule has 0 amide bonds. The lowest BCUT2D eigenvalue weighted by Gasteiger charge is -2.24. The van der Waals surface area contributed by atoms with Gasteiger partial charge in [-0.3, -0.25) is 0 Å². The summed E-state index contributed by atoms with van der Waals surface area (Å²) in [4.78, 5) is 0. The van der Waals surface area contributed by atoms with Crippen molar-refractivity contribution < 1.29 is 4.74 Å². The molecule has 3 aliphatic rings. The standard InChI is InChI=1S/C13H21NO/c14-12(13-2-1-5-15-13)8-11-7-9-3-4-10(11)6-9/h2,9-12H,1,3-8,14H2. The normalized spacial score (nSPS) is 40.3. The van der Waals surface area contributed by atoms with E-state index in [0.29, 0.717) is 0 Å². The highest BCUT2D eigenvalue weighted by atomic mass is 16.5. The third-order valence-corrected chi connectivity index (χ3v) is 4.54. The quantitative estimate of drug-likeness (QED) is 0.771. The van der Waals surface area contributed by atoms with Crippen LogP contribution in [0.15, 0.2) is 11.8 Å². The van der Waals surface area contributed by atoms with Crippen LogP contribution in [0.4, 0.5) is 0 Å². The van der Waals surface area contributed by atoms with Crippen LogP contribution in [0.1, 0.15) is 38.5 Å². The van der Waals surface area contributed by atoms with E-state index in [9.17, 15) is 0 Å². The van der Waals surface area contributed by atoms with Crippen molar-refractivity contribution in [2.75, 3.05) is 6.61 Å². The summed E-state index contributed by atoms with van der Waals surface area (Å²) in [6.07, 6.45) is 10.3. The van der Waals surface area contributed by atoms with Crippen molar-refractivity contribution in [1.82, 2.24) is 0 Å². The second-order valence-corrected chi connectivity index (χ2v) is 5.52. The number of rotatable bonds is 3. The zero-order valence-corrected chi connectivity index (χ0v) is 9.32. The minimum absolute atomic E-state index is 0.178. The monoisotopic (exact) mass is 207 g/mol. The first-order chi connectivity index (χ1) is 7.33. The molecule has 0 spiro atoms. The van der Waals surface area contributed by atoms with Crippen LogP contribution in [0.2, 0.25) is 0 Å². The van der Waals surface area contributed by atoms with Gasteiger partial charge in [0.1, 0.15) is 5.76 Å². The molecule has 2 aliphatic carbocycles. The number of hydrogen-bond acceptors (Lipinski definition) is 2. The maximum atomic E-state index is 6.20. The molecule has 15 heavy (non-hydrogen) atoms. The topological polar surface area (TPSA) is 35.2 Å². The van der Waals surface area contributed by atoms with Crippen LogP contribution in [0, 0.1) is 17.8 Å². The van der Waals surface area contributed by atoms with Gasteiger partial charge < -0.3 is 10.5 Å². The van der Waals surface area contributed by atoms with E-state index in [1.165, 1.54) is 25.7 Å². The van der Waals surface area contributed by atoms with E-state index in [-0.39, 0.29) is 6.04 Å². The molecule has 2 bridgehead atoms. The summed E-state index contributed by atoms with van der Waals surface area (Å²) in [5.41, 5.74) is 6.20. The Bertz CT molecular complexity index is 274. The summed E-state index contributed by atoms with van der Waals surface area (Å²) < 4.78 is 5.54. The molecule has 3 rings (SSSR count). The van der Waals surface area contributed by atoms with Gasteiger partial charge in [-0.05, 0) is 49.5 Å². The van der Waals surface area contributed by atoms with Gasteiger partial charge in [0.15, 0.2) is 0 Å². The Kier molecular flexibility index (Phi) is 2.47. The molecular weight excluding hydrogens is 186 g/mol. The van der Waals surface area contributed by atoms with Gasteiger partial charge in [-0.1, -0.05) is 6.42 Å². The van der Waals surface area contributed by atoms with Crippen molar-refractivity contribution in [3.8, 4) is 0 Å². The van der Waals surface area contributed by atoms with Gasteiger partial charge in [-0.15, -0.1) is 0 Å². The van der Waals surface area contributed by atoms with Gasteiger partial charge in [0.2, 0.25) is 0 Å². The van der Waals surface area contributed by atoms with Gasteiger partial charge in [-0.2, -0.15) is 0 Å². The first-order valence-electron chi connectivity index (χ1n) is 6.41. The number of fused-ring (bicyclic) bond motifs is 2. The summed E-state index contributed by atoms with van der Waals surface area (Å²) in [5.74, 6) is 3.98. The predicted octanol–water partition coefficient (Wildman–Crippen LogP) is 2.44. The number of hydrogen-bond donors (Lipinski definition) is 1. The molecule has 0 radical (unpaired) electrons. The molecule has 1 heterocycles. The van der Waals surface area contributed by atoms with Crippen LogP contribution in [-0.4, -0.2) is 12.6 Å². The lowest BCUT2D eigenvalue weighted by atomic mass is 9.84. The van der Waals surface area contributed by atoms with Crippen LogP contribution in [0.3, 0.4) is 0 Å². The highest BCUT2D eigenvalue weighted by molar-refractivity contribution is 5.07. The molecular formula is C13H21NO. The average molecular weight is 207 g/mol. The van der Waals surface area contributed by atoms with E-state index in [2.05, 4.69) is 6.08 Å². The molecule has 0 aromatic carbocycles. The third-order valence-electron chi connectivity index (χ3n) is 4.54. The largest absolute Gasteiger partial charge is 0.496 e. The van der Waals surface area contributed by atoms with Crippen molar-refractivity contribution >= 4 is 0 Å². The Balaban J connectivity index is 1.56. The Morgan fingerprint density at radius 3 is 2.93 bits per heavy atom. The van der Waals surface area contributed by atoms with Crippen molar-refractivity contribution in [3.05, 3.63) is 11.8 Å². The second kappa shape index (κ2) is 3.82. The van der Waals surface area contributed by atoms with Gasteiger partial charge >= 0.3 is 0 Å². The summed E-state index contributed by atoms with van der Waals surface area (Å²) in [7, 11) is 0. The maximum Gasteiger partial charge on any atom is 0.109 e. The summed E-state index contributed by atoms with van der Waals surface area (Å²) in [6.45, 7) is 0.847. The molecule has 2 heteroatoms. The lowest BCUT2D eigenvalue weighted by Crippen LogP contribution is -2.28.